The van der Waals surface area contributed by atoms with E-state index in [4.69, 9.17) is 23.2 Å². The molecule has 2 amide bonds. The predicted octanol–water partition coefficient (Wildman–Crippen LogP) is 6.41. The molecule has 146 valence electrons. The van der Waals surface area contributed by atoms with Gasteiger partial charge in [0.1, 0.15) is 0 Å². The van der Waals surface area contributed by atoms with Crippen LogP contribution in [0.3, 0.4) is 0 Å². The van der Waals surface area contributed by atoms with Crippen molar-refractivity contribution >= 4 is 34.9 Å². The Morgan fingerprint density at radius 1 is 1.14 bits per heavy atom. The third-order valence-corrected chi connectivity index (χ3v) is 5.76. The van der Waals surface area contributed by atoms with Crippen molar-refractivity contribution in [3.8, 4) is 6.07 Å². The summed E-state index contributed by atoms with van der Waals surface area (Å²) < 4.78 is 0. The number of nitrogens with one attached hydrogen (secondary N) is 2. The highest BCUT2D eigenvalue weighted by atomic mass is 35.5. The minimum atomic E-state index is -0.506. The Morgan fingerprint density at radius 3 is 2.46 bits per heavy atom. The molecule has 6 heteroatoms. The number of carbonyl (C=O) groups is 1. The molecule has 2 N–H and O–H groups in total. The summed E-state index contributed by atoms with van der Waals surface area (Å²) in [6, 6.07) is 13.1. The number of benzene rings is 2. The summed E-state index contributed by atoms with van der Waals surface area (Å²) in [7, 11) is 0. The Bertz CT molecular complexity index is 884. The highest BCUT2D eigenvalue weighted by molar-refractivity contribution is 6.32. The maximum atomic E-state index is 12.3. The van der Waals surface area contributed by atoms with Crippen molar-refractivity contribution in [1.82, 2.24) is 5.32 Å². The van der Waals surface area contributed by atoms with Gasteiger partial charge in [-0.1, -0.05) is 60.7 Å². The van der Waals surface area contributed by atoms with Crippen LogP contribution in [0.25, 0.3) is 0 Å². The van der Waals surface area contributed by atoms with E-state index in [2.05, 4.69) is 16.7 Å². The lowest BCUT2D eigenvalue weighted by molar-refractivity contribution is 0.244. The molecule has 0 radical (unpaired) electrons. The smallest absolute Gasteiger partial charge is 0.319 e. The van der Waals surface area contributed by atoms with Gasteiger partial charge in [-0.2, -0.15) is 5.26 Å². The van der Waals surface area contributed by atoms with Crippen molar-refractivity contribution in [2.75, 3.05) is 5.32 Å². The fraction of sp³-hybridized carbons (Fsp3) is 0.364. The Morgan fingerprint density at radius 2 is 1.82 bits per heavy atom. The van der Waals surface area contributed by atoms with E-state index in [9.17, 15) is 10.1 Å². The summed E-state index contributed by atoms with van der Waals surface area (Å²) >= 11 is 12.4. The first-order valence-corrected chi connectivity index (χ1v) is 10.3. The van der Waals surface area contributed by atoms with Crippen LogP contribution in [-0.4, -0.2) is 12.1 Å². The normalized spacial score (nSPS) is 15.5. The number of carbonyl (C=O) groups excluding carboxylic acids is 1. The highest BCUT2D eigenvalue weighted by Gasteiger charge is 2.20. The lowest BCUT2D eigenvalue weighted by atomic mass is 9.91. The van der Waals surface area contributed by atoms with E-state index in [0.29, 0.717) is 21.3 Å². The molecule has 0 aliphatic heterocycles. The monoisotopic (exact) mass is 415 g/mol. The third-order valence-electron chi connectivity index (χ3n) is 5.18. The summed E-state index contributed by atoms with van der Waals surface area (Å²) in [6.45, 7) is 1.90. The quantitative estimate of drug-likeness (QED) is 0.605. The number of anilines is 1. The first kappa shape index (κ1) is 20.5. The minimum Gasteiger partial charge on any atom is -0.335 e. The number of aryl methyl sites for hydroxylation is 1. The minimum absolute atomic E-state index is 0.214. The Hall–Kier alpha value is -2.22. The zero-order valence-corrected chi connectivity index (χ0v) is 17.3. The molecule has 2 aromatic rings. The van der Waals surface area contributed by atoms with Crippen molar-refractivity contribution in [2.45, 2.75) is 51.0 Å². The van der Waals surface area contributed by atoms with E-state index in [1.165, 1.54) is 6.42 Å². The lowest BCUT2D eigenvalue weighted by Crippen LogP contribution is -2.39. The van der Waals surface area contributed by atoms with Crippen molar-refractivity contribution < 1.29 is 4.79 Å². The first-order chi connectivity index (χ1) is 13.5. The number of rotatable bonds is 4. The van der Waals surface area contributed by atoms with Crippen molar-refractivity contribution in [3.63, 3.8) is 0 Å². The summed E-state index contributed by atoms with van der Waals surface area (Å²) in [5.74, 6) is -0.506. The largest absolute Gasteiger partial charge is 0.335 e. The van der Waals surface area contributed by atoms with Gasteiger partial charge in [0.2, 0.25) is 0 Å². The molecule has 1 fully saturated rings. The van der Waals surface area contributed by atoms with Crippen LogP contribution < -0.4 is 10.6 Å². The van der Waals surface area contributed by atoms with Gasteiger partial charge in [-0.3, -0.25) is 0 Å². The van der Waals surface area contributed by atoms with Crippen molar-refractivity contribution in [1.29, 1.82) is 5.26 Å². The second-order valence-corrected chi connectivity index (χ2v) is 8.08. The zero-order chi connectivity index (χ0) is 20.1. The molecule has 0 heterocycles. The van der Waals surface area contributed by atoms with Crippen LogP contribution in [0.1, 0.15) is 54.7 Å². The fourth-order valence-corrected chi connectivity index (χ4v) is 4.03. The maximum absolute atomic E-state index is 12.3. The van der Waals surface area contributed by atoms with Gasteiger partial charge in [0.05, 0.1) is 12.0 Å². The highest BCUT2D eigenvalue weighted by Crippen LogP contribution is 2.34. The van der Waals surface area contributed by atoms with Gasteiger partial charge < -0.3 is 10.6 Å². The van der Waals surface area contributed by atoms with Crippen LogP contribution >= 0.6 is 23.2 Å². The number of urea groups is 1. The molecule has 2 aromatic carbocycles. The van der Waals surface area contributed by atoms with E-state index in [-0.39, 0.29) is 12.1 Å². The van der Waals surface area contributed by atoms with E-state index in [1.54, 1.807) is 18.2 Å². The summed E-state index contributed by atoms with van der Waals surface area (Å²) in [5.41, 5.74) is 3.04. The molecule has 28 heavy (non-hydrogen) atoms. The number of nitrogens with zero attached hydrogens (tertiary/aromatic N) is 1. The summed E-state index contributed by atoms with van der Waals surface area (Å²) in [6.07, 6.45) is 5.60. The Kier molecular flexibility index (Phi) is 6.83. The molecule has 1 aliphatic carbocycles. The van der Waals surface area contributed by atoms with Gasteiger partial charge in [0.15, 0.2) is 0 Å². The summed E-state index contributed by atoms with van der Waals surface area (Å²) in [4.78, 5) is 12.3. The average molecular weight is 416 g/mol. The zero-order valence-electron chi connectivity index (χ0n) is 15.8. The molecule has 0 saturated heterocycles. The predicted molar refractivity (Wildman–Crippen MR) is 114 cm³/mol. The number of hydrogen-bond donors (Lipinski definition) is 2. The van der Waals surface area contributed by atoms with E-state index in [0.717, 1.165) is 36.8 Å². The fourth-order valence-electron chi connectivity index (χ4n) is 3.63. The molecule has 4 nitrogen and oxygen atoms in total. The van der Waals surface area contributed by atoms with Crippen molar-refractivity contribution in [3.05, 3.63) is 63.1 Å². The average Bonchev–Trinajstić information content (AvgIpc) is 2.68. The molecule has 1 unspecified atom stereocenters. The van der Waals surface area contributed by atoms with Crippen LogP contribution in [0.15, 0.2) is 36.4 Å². The number of amides is 2. The Balaban J connectivity index is 1.77. The van der Waals surface area contributed by atoms with E-state index >= 15 is 0 Å². The molecule has 1 atom stereocenters. The molecule has 0 spiro atoms. The maximum Gasteiger partial charge on any atom is 0.319 e. The number of nitriles is 1. The van der Waals surface area contributed by atoms with Crippen LogP contribution in [0.4, 0.5) is 10.5 Å². The van der Waals surface area contributed by atoms with Crippen LogP contribution in [0.5, 0.6) is 0 Å². The molecule has 1 aliphatic rings. The molecule has 1 saturated carbocycles. The number of halogens is 2. The van der Waals surface area contributed by atoms with Gasteiger partial charge >= 0.3 is 6.03 Å². The second kappa shape index (κ2) is 9.32. The van der Waals surface area contributed by atoms with Crippen LogP contribution in [-0.2, 0) is 0 Å². The summed E-state index contributed by atoms with van der Waals surface area (Å²) in [5, 5.41) is 16.7. The molecule has 0 bridgehead atoms. The first-order valence-electron chi connectivity index (χ1n) is 9.50. The molecule has 3 rings (SSSR count). The van der Waals surface area contributed by atoms with E-state index in [1.807, 2.05) is 25.1 Å². The van der Waals surface area contributed by atoms with Gasteiger partial charge in [0.25, 0.3) is 0 Å². The number of hydrogen-bond acceptors (Lipinski definition) is 2. The van der Waals surface area contributed by atoms with Gasteiger partial charge in [-0.25, -0.2) is 4.79 Å². The molecular formula is C22H23Cl2N3O. The third kappa shape index (κ3) is 4.98. The van der Waals surface area contributed by atoms with Gasteiger partial charge in [-0.15, -0.1) is 0 Å². The lowest BCUT2D eigenvalue weighted by Gasteiger charge is -2.23. The SMILES string of the molecule is Cc1cc(C(C#N)c2ccc(Cl)cc2)c(Cl)cc1NC(=O)NC1CCCCC1. The second-order valence-electron chi connectivity index (χ2n) is 7.24. The van der Waals surface area contributed by atoms with Crippen LogP contribution in [0, 0.1) is 18.3 Å². The molecule has 0 aromatic heterocycles. The van der Waals surface area contributed by atoms with Gasteiger partial charge in [0, 0.05) is 21.8 Å². The molecular weight excluding hydrogens is 393 g/mol. The van der Waals surface area contributed by atoms with Gasteiger partial charge in [-0.05, 0) is 54.7 Å². The Labute approximate surface area is 175 Å². The standard InChI is InChI=1S/C22H23Cl2N3O/c1-14-11-18(19(13-25)15-7-9-16(23)10-8-15)20(24)12-21(14)27-22(28)26-17-5-3-2-4-6-17/h7-12,17,19H,2-6H2,1H3,(H2,26,27,28). The van der Waals surface area contributed by atoms with Crippen molar-refractivity contribution in [2.24, 2.45) is 0 Å². The van der Waals surface area contributed by atoms with Crippen LogP contribution in [0.2, 0.25) is 10.0 Å². The van der Waals surface area contributed by atoms with E-state index < -0.39 is 5.92 Å². The topological polar surface area (TPSA) is 64.9 Å².